The van der Waals surface area contributed by atoms with Crippen LogP contribution in [-0.4, -0.2) is 5.91 Å². The summed E-state index contributed by atoms with van der Waals surface area (Å²) in [5.41, 5.74) is 3.47. The van der Waals surface area contributed by atoms with Crippen LogP contribution < -0.4 is 5.32 Å². The molecule has 1 N–H and O–H groups in total. The van der Waals surface area contributed by atoms with Crippen molar-refractivity contribution in [3.63, 3.8) is 0 Å². The summed E-state index contributed by atoms with van der Waals surface area (Å²) in [7, 11) is 0. The second-order valence-corrected chi connectivity index (χ2v) is 5.81. The quantitative estimate of drug-likeness (QED) is 0.854. The average Bonchev–Trinajstić information content (AvgIpc) is 2.95. The van der Waals surface area contributed by atoms with E-state index in [0.717, 1.165) is 18.0 Å². The van der Waals surface area contributed by atoms with Gasteiger partial charge in [0.2, 0.25) is 5.91 Å². The van der Waals surface area contributed by atoms with Gasteiger partial charge in [-0.1, -0.05) is 43.9 Å². The Morgan fingerprint density at radius 2 is 2.00 bits per heavy atom. The summed E-state index contributed by atoms with van der Waals surface area (Å²) < 4.78 is 0. The zero-order valence-corrected chi connectivity index (χ0v) is 11.0. The van der Waals surface area contributed by atoms with E-state index in [1.165, 1.54) is 43.2 Å². The van der Waals surface area contributed by atoms with Gasteiger partial charge in [-0.15, -0.1) is 0 Å². The van der Waals surface area contributed by atoms with Crippen LogP contribution in [0.15, 0.2) is 18.2 Å². The Balaban J connectivity index is 1.73. The van der Waals surface area contributed by atoms with Gasteiger partial charge in [-0.25, -0.2) is 0 Å². The molecule has 1 aromatic carbocycles. The van der Waals surface area contributed by atoms with Crippen LogP contribution in [0.4, 0.5) is 5.69 Å². The molecule has 96 valence electrons. The minimum atomic E-state index is 0.0977. The lowest BCUT2D eigenvalue weighted by atomic mass is 9.90. The van der Waals surface area contributed by atoms with Crippen LogP contribution in [0.2, 0.25) is 0 Å². The van der Waals surface area contributed by atoms with E-state index in [4.69, 9.17) is 0 Å². The maximum atomic E-state index is 12.1. The van der Waals surface area contributed by atoms with Gasteiger partial charge < -0.3 is 5.32 Å². The fourth-order valence-corrected chi connectivity index (χ4v) is 3.49. The minimum absolute atomic E-state index is 0.0977. The molecule has 3 rings (SSSR count). The molecule has 1 atom stereocenters. The molecule has 1 aromatic rings. The highest BCUT2D eigenvalue weighted by atomic mass is 16.2. The Kier molecular flexibility index (Phi) is 3.11. The van der Waals surface area contributed by atoms with E-state index < -0.39 is 0 Å². The first kappa shape index (κ1) is 11.8. The lowest BCUT2D eigenvalue weighted by molar-refractivity contribution is -0.117. The van der Waals surface area contributed by atoms with Gasteiger partial charge in [0.05, 0.1) is 5.92 Å². The van der Waals surface area contributed by atoms with Crippen LogP contribution >= 0.6 is 0 Å². The number of nitrogens with one attached hydrogen (secondary N) is 1. The number of carbonyl (C=O) groups is 1. The molecule has 0 spiro atoms. The molecule has 0 bridgehead atoms. The number of para-hydroxylation sites is 1. The van der Waals surface area contributed by atoms with E-state index in [2.05, 4.69) is 30.4 Å². The summed E-state index contributed by atoms with van der Waals surface area (Å²) in [4.78, 5) is 12.1. The number of carbonyl (C=O) groups excluding carboxylic acids is 1. The normalized spacial score (nSPS) is 23.2. The maximum absolute atomic E-state index is 12.1. The molecule has 1 aliphatic carbocycles. The first-order valence-electron chi connectivity index (χ1n) is 7.16. The molecule has 1 aliphatic heterocycles. The number of anilines is 1. The third-order valence-electron chi connectivity index (χ3n) is 4.58. The Morgan fingerprint density at radius 3 is 2.78 bits per heavy atom. The van der Waals surface area contributed by atoms with Crippen LogP contribution in [0.25, 0.3) is 0 Å². The van der Waals surface area contributed by atoms with Crippen molar-refractivity contribution < 1.29 is 4.79 Å². The van der Waals surface area contributed by atoms with E-state index in [0.29, 0.717) is 0 Å². The fraction of sp³-hybridized carbons (Fsp3) is 0.562. The van der Waals surface area contributed by atoms with Crippen molar-refractivity contribution in [3.8, 4) is 0 Å². The Bertz CT molecular complexity index is 460. The zero-order chi connectivity index (χ0) is 12.5. The van der Waals surface area contributed by atoms with Crippen molar-refractivity contribution in [2.75, 3.05) is 5.32 Å². The van der Waals surface area contributed by atoms with Crippen LogP contribution in [0, 0.1) is 12.8 Å². The van der Waals surface area contributed by atoms with Crippen LogP contribution in [-0.2, 0) is 4.79 Å². The molecule has 1 saturated carbocycles. The predicted octanol–water partition coefficient (Wildman–Crippen LogP) is 4.00. The number of fused-ring (bicyclic) bond motifs is 1. The number of benzene rings is 1. The Morgan fingerprint density at radius 1 is 1.22 bits per heavy atom. The van der Waals surface area contributed by atoms with Crippen molar-refractivity contribution in [1.82, 2.24) is 0 Å². The molecule has 1 amide bonds. The number of amides is 1. The molecule has 2 aliphatic rings. The van der Waals surface area contributed by atoms with Crippen LogP contribution in [0.5, 0.6) is 0 Å². The van der Waals surface area contributed by atoms with Gasteiger partial charge in [-0.05, 0) is 36.8 Å². The van der Waals surface area contributed by atoms with Gasteiger partial charge in [0.15, 0.2) is 0 Å². The molecule has 2 heteroatoms. The van der Waals surface area contributed by atoms with Gasteiger partial charge in [-0.2, -0.15) is 0 Å². The summed E-state index contributed by atoms with van der Waals surface area (Å²) in [6.07, 6.45) is 7.75. The smallest absolute Gasteiger partial charge is 0.232 e. The molecule has 1 unspecified atom stereocenters. The van der Waals surface area contributed by atoms with E-state index in [1.807, 2.05) is 0 Å². The molecule has 0 aromatic heterocycles. The Hall–Kier alpha value is -1.31. The van der Waals surface area contributed by atoms with Gasteiger partial charge in [0.1, 0.15) is 0 Å². The molecular formula is C16H21NO. The lowest BCUT2D eigenvalue weighted by Crippen LogP contribution is -2.13. The van der Waals surface area contributed by atoms with E-state index in [1.54, 1.807) is 0 Å². The molecule has 18 heavy (non-hydrogen) atoms. The van der Waals surface area contributed by atoms with Crippen molar-refractivity contribution >= 4 is 11.6 Å². The van der Waals surface area contributed by atoms with Crippen molar-refractivity contribution in [2.24, 2.45) is 5.92 Å². The SMILES string of the molecule is Cc1cccc2c1NC(=O)C2CCC1CCCC1. The number of hydrogen-bond donors (Lipinski definition) is 1. The van der Waals surface area contributed by atoms with Gasteiger partial charge in [0.25, 0.3) is 0 Å². The topological polar surface area (TPSA) is 29.1 Å². The van der Waals surface area contributed by atoms with E-state index >= 15 is 0 Å². The number of rotatable bonds is 3. The summed E-state index contributed by atoms with van der Waals surface area (Å²) in [5.74, 6) is 1.17. The highest BCUT2D eigenvalue weighted by Gasteiger charge is 2.31. The lowest BCUT2D eigenvalue weighted by Gasteiger charge is -2.12. The largest absolute Gasteiger partial charge is 0.325 e. The van der Waals surface area contributed by atoms with E-state index in [9.17, 15) is 4.79 Å². The molecule has 0 radical (unpaired) electrons. The minimum Gasteiger partial charge on any atom is -0.325 e. The predicted molar refractivity (Wildman–Crippen MR) is 73.7 cm³/mol. The summed E-state index contributed by atoms with van der Waals surface area (Å²) >= 11 is 0. The van der Waals surface area contributed by atoms with Gasteiger partial charge in [0, 0.05) is 5.69 Å². The molecule has 0 saturated heterocycles. The molecular weight excluding hydrogens is 222 g/mol. The monoisotopic (exact) mass is 243 g/mol. The number of hydrogen-bond acceptors (Lipinski definition) is 1. The second-order valence-electron chi connectivity index (χ2n) is 5.81. The van der Waals surface area contributed by atoms with E-state index in [-0.39, 0.29) is 11.8 Å². The fourth-order valence-electron chi connectivity index (χ4n) is 3.49. The standard InChI is InChI=1S/C16H21NO/c1-11-5-4-8-13-14(16(18)17-15(11)13)10-9-12-6-2-3-7-12/h4-5,8,12,14H,2-3,6-7,9-10H2,1H3,(H,17,18). The Labute approximate surface area is 109 Å². The molecule has 2 nitrogen and oxygen atoms in total. The first-order chi connectivity index (χ1) is 8.75. The van der Waals surface area contributed by atoms with Gasteiger partial charge in [-0.3, -0.25) is 4.79 Å². The van der Waals surface area contributed by atoms with Crippen molar-refractivity contribution in [3.05, 3.63) is 29.3 Å². The third kappa shape index (κ3) is 2.05. The summed E-state index contributed by atoms with van der Waals surface area (Å²) in [5, 5.41) is 3.05. The van der Waals surface area contributed by atoms with Crippen molar-refractivity contribution in [1.29, 1.82) is 0 Å². The maximum Gasteiger partial charge on any atom is 0.232 e. The number of aryl methyl sites for hydroxylation is 1. The highest BCUT2D eigenvalue weighted by Crippen LogP contribution is 2.39. The highest BCUT2D eigenvalue weighted by molar-refractivity contribution is 6.03. The van der Waals surface area contributed by atoms with Gasteiger partial charge >= 0.3 is 0 Å². The molecule has 1 fully saturated rings. The average molecular weight is 243 g/mol. The summed E-state index contributed by atoms with van der Waals surface area (Å²) in [6, 6.07) is 6.25. The summed E-state index contributed by atoms with van der Waals surface area (Å²) in [6.45, 7) is 2.07. The second kappa shape index (κ2) is 4.75. The van der Waals surface area contributed by atoms with Crippen LogP contribution in [0.1, 0.15) is 55.6 Å². The van der Waals surface area contributed by atoms with Crippen LogP contribution in [0.3, 0.4) is 0 Å². The third-order valence-corrected chi connectivity index (χ3v) is 4.58. The first-order valence-corrected chi connectivity index (χ1v) is 7.16. The van der Waals surface area contributed by atoms with Crippen molar-refractivity contribution in [2.45, 2.75) is 51.4 Å². The molecule has 1 heterocycles. The zero-order valence-electron chi connectivity index (χ0n) is 11.0.